The van der Waals surface area contributed by atoms with Crippen LogP contribution in [0, 0.1) is 5.82 Å². The second-order valence-corrected chi connectivity index (χ2v) is 5.61. The van der Waals surface area contributed by atoms with Crippen LogP contribution in [0.1, 0.15) is 18.4 Å². The minimum Gasteiger partial charge on any atom is -0.383 e. The number of hydrogen-bond donors (Lipinski definition) is 1. The minimum atomic E-state index is -0.224. The van der Waals surface area contributed by atoms with Gasteiger partial charge in [0.25, 0.3) is 0 Å². The van der Waals surface area contributed by atoms with Gasteiger partial charge in [-0.3, -0.25) is 4.90 Å². The van der Waals surface area contributed by atoms with Crippen LogP contribution in [0.4, 0.5) is 4.39 Å². The van der Waals surface area contributed by atoms with Crippen molar-refractivity contribution < 1.29 is 9.13 Å². The van der Waals surface area contributed by atoms with Gasteiger partial charge in [-0.2, -0.15) is 0 Å². The molecule has 5 heteroatoms. The van der Waals surface area contributed by atoms with Gasteiger partial charge in [-0.05, 0) is 43.1 Å². The summed E-state index contributed by atoms with van der Waals surface area (Å²) in [6.45, 7) is 4.29. The van der Waals surface area contributed by atoms with Crippen molar-refractivity contribution in [2.45, 2.75) is 25.4 Å². The Morgan fingerprint density at radius 1 is 1.50 bits per heavy atom. The molecule has 1 atom stereocenters. The van der Waals surface area contributed by atoms with Crippen molar-refractivity contribution in [3.63, 3.8) is 0 Å². The molecule has 3 nitrogen and oxygen atoms in total. The molecule has 20 heavy (non-hydrogen) atoms. The lowest BCUT2D eigenvalue weighted by Gasteiger charge is -2.25. The molecule has 1 aliphatic rings. The summed E-state index contributed by atoms with van der Waals surface area (Å²) >= 11 is 6.14. The third-order valence-corrected chi connectivity index (χ3v) is 4.11. The zero-order valence-electron chi connectivity index (χ0n) is 11.9. The summed E-state index contributed by atoms with van der Waals surface area (Å²) in [4.78, 5) is 2.38. The summed E-state index contributed by atoms with van der Waals surface area (Å²) < 4.78 is 18.3. The van der Waals surface area contributed by atoms with Gasteiger partial charge in [0.2, 0.25) is 0 Å². The Balaban J connectivity index is 1.88. The fourth-order valence-electron chi connectivity index (χ4n) is 2.66. The van der Waals surface area contributed by atoms with Crippen molar-refractivity contribution in [2.75, 3.05) is 33.4 Å². The van der Waals surface area contributed by atoms with Crippen LogP contribution in [0.25, 0.3) is 0 Å². The highest BCUT2D eigenvalue weighted by molar-refractivity contribution is 6.31. The van der Waals surface area contributed by atoms with Gasteiger partial charge in [-0.1, -0.05) is 11.6 Å². The largest absolute Gasteiger partial charge is 0.383 e. The molecule has 1 unspecified atom stereocenters. The number of nitrogens with one attached hydrogen (secondary N) is 1. The Bertz CT molecular complexity index is 430. The smallest absolute Gasteiger partial charge is 0.123 e. The highest BCUT2D eigenvalue weighted by atomic mass is 35.5. The molecule has 1 N–H and O–H groups in total. The molecule has 0 aliphatic carbocycles. The SMILES string of the molecule is COCCNCC1CCCN1Cc1cc(F)ccc1Cl. The van der Waals surface area contributed by atoms with Crippen molar-refractivity contribution in [2.24, 2.45) is 0 Å². The summed E-state index contributed by atoms with van der Waals surface area (Å²) in [7, 11) is 1.70. The molecule has 1 heterocycles. The molecule has 0 saturated carbocycles. The van der Waals surface area contributed by atoms with Gasteiger partial charge in [0.15, 0.2) is 0 Å². The number of ether oxygens (including phenoxy) is 1. The quantitative estimate of drug-likeness (QED) is 0.784. The minimum absolute atomic E-state index is 0.224. The van der Waals surface area contributed by atoms with Gasteiger partial charge in [0.05, 0.1) is 6.61 Å². The lowest BCUT2D eigenvalue weighted by Crippen LogP contribution is -2.38. The fraction of sp³-hybridized carbons (Fsp3) is 0.600. The maximum Gasteiger partial charge on any atom is 0.123 e. The maximum atomic E-state index is 13.3. The van der Waals surface area contributed by atoms with Gasteiger partial charge >= 0.3 is 0 Å². The molecule has 0 amide bonds. The van der Waals surface area contributed by atoms with Crippen LogP contribution in [0.5, 0.6) is 0 Å². The molecule has 1 aliphatic heterocycles. The molecule has 0 radical (unpaired) electrons. The first-order valence-electron chi connectivity index (χ1n) is 7.08. The average molecular weight is 301 g/mol. The van der Waals surface area contributed by atoms with Crippen LogP contribution < -0.4 is 5.32 Å². The summed E-state index contributed by atoms with van der Waals surface area (Å²) in [6.07, 6.45) is 2.36. The van der Waals surface area contributed by atoms with Gasteiger partial charge in [0.1, 0.15) is 5.82 Å². The summed E-state index contributed by atoms with van der Waals surface area (Å²) in [5.74, 6) is -0.224. The van der Waals surface area contributed by atoms with Crippen LogP contribution in [-0.4, -0.2) is 44.3 Å². The molecule has 0 bridgehead atoms. The van der Waals surface area contributed by atoms with Crippen molar-refractivity contribution in [1.29, 1.82) is 0 Å². The Hall–Kier alpha value is -0.680. The number of halogens is 2. The Morgan fingerprint density at radius 2 is 2.35 bits per heavy atom. The van der Waals surface area contributed by atoms with Gasteiger partial charge < -0.3 is 10.1 Å². The van der Waals surface area contributed by atoms with Crippen molar-refractivity contribution >= 4 is 11.6 Å². The van der Waals surface area contributed by atoms with E-state index >= 15 is 0 Å². The standard InChI is InChI=1S/C15H22ClFN2O/c1-20-8-6-18-10-14-3-2-7-19(14)11-12-9-13(17)4-5-15(12)16/h4-5,9,14,18H,2-3,6-8,10-11H2,1H3. The van der Waals surface area contributed by atoms with Crippen molar-refractivity contribution in [1.82, 2.24) is 10.2 Å². The van der Waals surface area contributed by atoms with E-state index in [9.17, 15) is 4.39 Å². The molecule has 1 aromatic carbocycles. The van der Waals surface area contributed by atoms with E-state index in [-0.39, 0.29) is 5.82 Å². The zero-order chi connectivity index (χ0) is 14.4. The van der Waals surface area contributed by atoms with Crippen LogP contribution >= 0.6 is 11.6 Å². The number of benzene rings is 1. The molecule has 0 spiro atoms. The number of methoxy groups -OCH3 is 1. The predicted octanol–water partition coefficient (Wildman–Crippen LogP) is 2.68. The van der Waals surface area contributed by atoms with E-state index in [2.05, 4.69) is 10.2 Å². The third-order valence-electron chi connectivity index (χ3n) is 3.74. The molecule has 0 aromatic heterocycles. The molecular weight excluding hydrogens is 279 g/mol. The third kappa shape index (κ3) is 4.42. The topological polar surface area (TPSA) is 24.5 Å². The lowest BCUT2D eigenvalue weighted by molar-refractivity contribution is 0.191. The monoisotopic (exact) mass is 300 g/mol. The van der Waals surface area contributed by atoms with Crippen LogP contribution in [0.2, 0.25) is 5.02 Å². The molecule has 112 valence electrons. The first kappa shape index (κ1) is 15.7. The van der Waals surface area contributed by atoms with Crippen molar-refractivity contribution in [3.05, 3.63) is 34.6 Å². The summed E-state index contributed by atoms with van der Waals surface area (Å²) in [6, 6.07) is 5.07. The Morgan fingerprint density at radius 3 is 3.15 bits per heavy atom. The van der Waals surface area contributed by atoms with Gasteiger partial charge in [-0.15, -0.1) is 0 Å². The van der Waals surface area contributed by atoms with E-state index in [0.717, 1.165) is 31.8 Å². The van der Waals surface area contributed by atoms with E-state index in [1.165, 1.54) is 25.0 Å². The number of likely N-dealkylation sites (tertiary alicyclic amines) is 1. The summed E-state index contributed by atoms with van der Waals surface area (Å²) in [5.41, 5.74) is 0.871. The highest BCUT2D eigenvalue weighted by Crippen LogP contribution is 2.24. The Kier molecular flexibility index (Phi) is 6.23. The second-order valence-electron chi connectivity index (χ2n) is 5.20. The van der Waals surface area contributed by atoms with Gasteiger partial charge in [0, 0.05) is 37.8 Å². The first-order valence-corrected chi connectivity index (χ1v) is 7.46. The van der Waals surface area contributed by atoms with E-state index in [1.807, 2.05) is 0 Å². The lowest BCUT2D eigenvalue weighted by atomic mass is 10.1. The fourth-order valence-corrected chi connectivity index (χ4v) is 2.84. The van der Waals surface area contributed by atoms with Crippen LogP contribution in [0.15, 0.2) is 18.2 Å². The molecular formula is C15H22ClFN2O. The molecule has 2 rings (SSSR count). The van der Waals surface area contributed by atoms with Crippen molar-refractivity contribution in [3.8, 4) is 0 Å². The molecule has 1 saturated heterocycles. The normalized spacial score (nSPS) is 19.6. The maximum absolute atomic E-state index is 13.3. The molecule has 1 fully saturated rings. The number of hydrogen-bond acceptors (Lipinski definition) is 3. The number of nitrogens with zero attached hydrogens (tertiary/aromatic N) is 1. The summed E-state index contributed by atoms with van der Waals surface area (Å²) in [5, 5.41) is 4.04. The average Bonchev–Trinajstić information content (AvgIpc) is 2.86. The van der Waals surface area contributed by atoms with E-state index in [4.69, 9.17) is 16.3 Å². The van der Waals surface area contributed by atoms with E-state index in [1.54, 1.807) is 13.2 Å². The Labute approximate surface area is 125 Å². The van der Waals surface area contributed by atoms with Crippen LogP contribution in [0.3, 0.4) is 0 Å². The molecule has 1 aromatic rings. The predicted molar refractivity (Wildman–Crippen MR) is 79.6 cm³/mol. The highest BCUT2D eigenvalue weighted by Gasteiger charge is 2.24. The zero-order valence-corrected chi connectivity index (χ0v) is 12.6. The van der Waals surface area contributed by atoms with Gasteiger partial charge in [-0.25, -0.2) is 4.39 Å². The first-order chi connectivity index (χ1) is 9.70. The van der Waals surface area contributed by atoms with E-state index < -0.39 is 0 Å². The van der Waals surface area contributed by atoms with Crippen LogP contribution in [-0.2, 0) is 11.3 Å². The number of rotatable bonds is 7. The second kappa shape index (κ2) is 7.93. The van der Waals surface area contributed by atoms with E-state index in [0.29, 0.717) is 17.6 Å².